The highest BCUT2D eigenvalue weighted by Gasteiger charge is 2.08. The van der Waals surface area contributed by atoms with Crippen molar-refractivity contribution in [3.63, 3.8) is 0 Å². The van der Waals surface area contributed by atoms with Gasteiger partial charge in [0.15, 0.2) is 0 Å². The van der Waals surface area contributed by atoms with E-state index in [1.807, 2.05) is 6.92 Å². The molecule has 1 atom stereocenters. The van der Waals surface area contributed by atoms with E-state index >= 15 is 0 Å². The molecule has 0 amide bonds. The van der Waals surface area contributed by atoms with Crippen molar-refractivity contribution in [1.82, 2.24) is 5.43 Å². The zero-order chi connectivity index (χ0) is 11.3. The van der Waals surface area contributed by atoms with E-state index in [-0.39, 0.29) is 6.04 Å². The number of benzene rings is 1. The fourth-order valence-corrected chi connectivity index (χ4v) is 1.62. The lowest BCUT2D eigenvalue weighted by molar-refractivity contribution is 0.515. The van der Waals surface area contributed by atoms with Crippen LogP contribution in [0, 0.1) is 6.92 Å². The molecule has 0 heterocycles. The van der Waals surface area contributed by atoms with Crippen molar-refractivity contribution in [3.8, 4) is 0 Å². The van der Waals surface area contributed by atoms with Crippen LogP contribution in [-0.4, -0.2) is 0 Å². The quantitative estimate of drug-likeness (QED) is 0.440. The number of allylic oxidation sites excluding steroid dienone is 1. The molecular weight excluding hydrogens is 184 g/mol. The van der Waals surface area contributed by atoms with Crippen molar-refractivity contribution >= 4 is 0 Å². The van der Waals surface area contributed by atoms with E-state index in [1.54, 1.807) is 0 Å². The van der Waals surface area contributed by atoms with Crippen LogP contribution in [0.15, 0.2) is 36.4 Å². The second-order valence-corrected chi connectivity index (χ2v) is 4.13. The van der Waals surface area contributed by atoms with Crippen LogP contribution in [0.5, 0.6) is 0 Å². The van der Waals surface area contributed by atoms with Gasteiger partial charge >= 0.3 is 0 Å². The smallest absolute Gasteiger partial charge is 0.0463 e. The summed E-state index contributed by atoms with van der Waals surface area (Å²) in [6.07, 6.45) is 2.00. The minimum absolute atomic E-state index is 0.224. The average Bonchev–Trinajstić information content (AvgIpc) is 2.18. The third-order valence-electron chi connectivity index (χ3n) is 2.51. The molecule has 3 N–H and O–H groups in total. The summed E-state index contributed by atoms with van der Waals surface area (Å²) < 4.78 is 0. The Kier molecular flexibility index (Phi) is 4.53. The summed E-state index contributed by atoms with van der Waals surface area (Å²) in [5, 5.41) is 0. The number of aryl methyl sites for hydroxylation is 1. The van der Waals surface area contributed by atoms with E-state index in [0.29, 0.717) is 0 Å². The van der Waals surface area contributed by atoms with Gasteiger partial charge in [-0.3, -0.25) is 11.3 Å². The van der Waals surface area contributed by atoms with Crippen LogP contribution in [0.3, 0.4) is 0 Å². The van der Waals surface area contributed by atoms with Crippen molar-refractivity contribution in [2.45, 2.75) is 32.7 Å². The van der Waals surface area contributed by atoms with E-state index in [9.17, 15) is 0 Å². The molecule has 0 bridgehead atoms. The Balaban J connectivity index is 2.69. The Morgan fingerprint density at radius 1 is 1.53 bits per heavy atom. The van der Waals surface area contributed by atoms with Crippen molar-refractivity contribution in [3.05, 3.63) is 47.5 Å². The van der Waals surface area contributed by atoms with Crippen molar-refractivity contribution in [2.75, 3.05) is 0 Å². The summed E-state index contributed by atoms with van der Waals surface area (Å²) in [6, 6.07) is 8.66. The Bertz CT molecular complexity index is 331. The Labute approximate surface area is 92.2 Å². The molecule has 0 radical (unpaired) electrons. The van der Waals surface area contributed by atoms with Crippen LogP contribution in [0.4, 0.5) is 0 Å². The molecule has 0 aliphatic carbocycles. The maximum Gasteiger partial charge on any atom is 0.0463 e. The number of nitrogens with two attached hydrogens (primary N) is 1. The molecule has 0 spiro atoms. The monoisotopic (exact) mass is 204 g/mol. The summed E-state index contributed by atoms with van der Waals surface area (Å²) in [4.78, 5) is 0. The maximum atomic E-state index is 5.56. The first-order valence-corrected chi connectivity index (χ1v) is 5.30. The topological polar surface area (TPSA) is 38.0 Å². The molecule has 0 saturated heterocycles. The molecule has 15 heavy (non-hydrogen) atoms. The van der Waals surface area contributed by atoms with E-state index in [4.69, 9.17) is 5.84 Å². The minimum Gasteiger partial charge on any atom is -0.271 e. The standard InChI is InChI=1S/C13H20N2/c1-10(2)7-8-13(15-14)12-6-4-5-11(3)9-12/h4-6,9,13,15H,1,7-8,14H2,2-3H3. The first-order chi connectivity index (χ1) is 7.13. The Morgan fingerprint density at radius 2 is 2.27 bits per heavy atom. The summed E-state index contributed by atoms with van der Waals surface area (Å²) in [7, 11) is 0. The van der Waals surface area contributed by atoms with Gasteiger partial charge in [0.1, 0.15) is 0 Å². The van der Waals surface area contributed by atoms with Gasteiger partial charge in [-0.05, 0) is 32.3 Å². The number of nitrogens with one attached hydrogen (secondary N) is 1. The lowest BCUT2D eigenvalue weighted by Crippen LogP contribution is -2.28. The molecule has 0 saturated carbocycles. The van der Waals surface area contributed by atoms with Crippen LogP contribution in [0.2, 0.25) is 0 Å². The van der Waals surface area contributed by atoms with Crippen molar-refractivity contribution in [2.24, 2.45) is 5.84 Å². The van der Waals surface area contributed by atoms with Crippen molar-refractivity contribution < 1.29 is 0 Å². The van der Waals surface area contributed by atoms with Crippen molar-refractivity contribution in [1.29, 1.82) is 0 Å². The predicted octanol–water partition coefficient (Wildman–Crippen LogP) is 2.86. The lowest BCUT2D eigenvalue weighted by atomic mass is 9.99. The lowest BCUT2D eigenvalue weighted by Gasteiger charge is -2.16. The molecule has 82 valence electrons. The third kappa shape index (κ3) is 3.86. The van der Waals surface area contributed by atoms with Crippen LogP contribution in [0.1, 0.15) is 36.9 Å². The number of hydrazine groups is 1. The van der Waals surface area contributed by atoms with Gasteiger partial charge in [0.25, 0.3) is 0 Å². The maximum absolute atomic E-state index is 5.56. The highest BCUT2D eigenvalue weighted by Crippen LogP contribution is 2.20. The van der Waals surface area contributed by atoms with Crippen LogP contribution in [0.25, 0.3) is 0 Å². The minimum atomic E-state index is 0.224. The first kappa shape index (κ1) is 12.0. The molecule has 0 aliphatic heterocycles. The number of hydrogen-bond acceptors (Lipinski definition) is 2. The molecule has 2 nitrogen and oxygen atoms in total. The highest BCUT2D eigenvalue weighted by molar-refractivity contribution is 5.25. The van der Waals surface area contributed by atoms with Gasteiger partial charge in [0.05, 0.1) is 0 Å². The largest absolute Gasteiger partial charge is 0.271 e. The van der Waals surface area contributed by atoms with Gasteiger partial charge < -0.3 is 0 Å². The molecule has 1 aromatic carbocycles. The second kappa shape index (κ2) is 5.69. The molecule has 0 aromatic heterocycles. The molecule has 1 aromatic rings. The van der Waals surface area contributed by atoms with E-state index in [2.05, 4.69) is 43.2 Å². The summed E-state index contributed by atoms with van der Waals surface area (Å²) in [5.74, 6) is 5.56. The van der Waals surface area contributed by atoms with E-state index in [1.165, 1.54) is 16.7 Å². The third-order valence-corrected chi connectivity index (χ3v) is 2.51. The van der Waals surface area contributed by atoms with Gasteiger partial charge in [0, 0.05) is 6.04 Å². The van der Waals surface area contributed by atoms with Crippen LogP contribution in [-0.2, 0) is 0 Å². The van der Waals surface area contributed by atoms with Gasteiger partial charge in [-0.25, -0.2) is 0 Å². The van der Waals surface area contributed by atoms with Gasteiger partial charge in [-0.2, -0.15) is 0 Å². The first-order valence-electron chi connectivity index (χ1n) is 5.30. The van der Waals surface area contributed by atoms with E-state index in [0.717, 1.165) is 12.8 Å². The number of rotatable bonds is 5. The molecule has 1 rings (SSSR count). The fraction of sp³-hybridized carbons (Fsp3) is 0.385. The van der Waals surface area contributed by atoms with Gasteiger partial charge in [-0.1, -0.05) is 35.4 Å². The summed E-state index contributed by atoms with van der Waals surface area (Å²) >= 11 is 0. The molecule has 1 unspecified atom stereocenters. The summed E-state index contributed by atoms with van der Waals surface area (Å²) in [5.41, 5.74) is 6.57. The van der Waals surface area contributed by atoms with Gasteiger partial charge in [-0.15, -0.1) is 6.58 Å². The van der Waals surface area contributed by atoms with Crippen LogP contribution < -0.4 is 11.3 Å². The molecular formula is C13H20N2. The van der Waals surface area contributed by atoms with E-state index < -0.39 is 0 Å². The zero-order valence-electron chi connectivity index (χ0n) is 9.59. The van der Waals surface area contributed by atoms with Gasteiger partial charge in [0.2, 0.25) is 0 Å². The zero-order valence-corrected chi connectivity index (χ0v) is 9.59. The average molecular weight is 204 g/mol. The highest BCUT2D eigenvalue weighted by atomic mass is 15.2. The number of hydrogen-bond donors (Lipinski definition) is 2. The molecule has 2 heteroatoms. The SMILES string of the molecule is C=C(C)CCC(NN)c1cccc(C)c1. The predicted molar refractivity (Wildman–Crippen MR) is 65.3 cm³/mol. The van der Waals surface area contributed by atoms with Crippen LogP contribution >= 0.6 is 0 Å². The Morgan fingerprint density at radius 3 is 2.80 bits per heavy atom. The fourth-order valence-electron chi connectivity index (χ4n) is 1.62. The Hall–Kier alpha value is -1.12. The normalized spacial score (nSPS) is 12.5. The second-order valence-electron chi connectivity index (χ2n) is 4.13. The summed E-state index contributed by atoms with van der Waals surface area (Å²) in [6.45, 7) is 8.04. The molecule has 0 fully saturated rings. The molecule has 0 aliphatic rings.